The van der Waals surface area contributed by atoms with Crippen molar-refractivity contribution >= 4 is 39.0 Å². The Labute approximate surface area is 228 Å². The molecule has 6 rings (SSSR count). The summed E-state index contributed by atoms with van der Waals surface area (Å²) < 4.78 is 7.62. The molecular formula is C30H26N4O4S. The van der Waals surface area contributed by atoms with Gasteiger partial charge in [0.15, 0.2) is 0 Å². The Morgan fingerprint density at radius 3 is 2.56 bits per heavy atom. The van der Waals surface area contributed by atoms with Gasteiger partial charge in [-0.25, -0.2) is 4.79 Å². The van der Waals surface area contributed by atoms with E-state index in [-0.39, 0.29) is 23.6 Å². The van der Waals surface area contributed by atoms with Gasteiger partial charge in [-0.1, -0.05) is 30.3 Å². The van der Waals surface area contributed by atoms with Crippen molar-refractivity contribution in [2.75, 3.05) is 12.4 Å². The maximum absolute atomic E-state index is 13.1. The smallest absolute Gasteiger partial charge is 0.342 e. The quantitative estimate of drug-likeness (QED) is 0.223. The summed E-state index contributed by atoms with van der Waals surface area (Å²) in [7, 11) is 1.61. The lowest BCUT2D eigenvalue weighted by Crippen LogP contribution is -2.30. The van der Waals surface area contributed by atoms with Crippen molar-refractivity contribution in [1.82, 2.24) is 15.1 Å². The molecule has 0 unspecified atom stereocenters. The molecule has 39 heavy (non-hydrogen) atoms. The standard InChI is InChI=1S/C30H26N4O4S/c1-38-22-11-6-18(7-12-22)17-31-30(37)34-25(19-8-9-19)16-24(33-34)23-13-10-21(15-26(23)35)32-29(36)28-14-20-4-2-3-5-27(20)39-28/h2-7,10-16,19,35H,8-9,17H2,1H3,(H,31,37)(H,32,36). The van der Waals surface area contributed by atoms with Gasteiger partial charge in [-0.2, -0.15) is 9.78 Å². The van der Waals surface area contributed by atoms with Crippen LogP contribution in [0, 0.1) is 0 Å². The number of methoxy groups -OCH3 is 1. The first-order valence-corrected chi connectivity index (χ1v) is 13.4. The molecule has 8 nitrogen and oxygen atoms in total. The van der Waals surface area contributed by atoms with Crippen molar-refractivity contribution in [2.45, 2.75) is 25.3 Å². The molecule has 0 saturated heterocycles. The van der Waals surface area contributed by atoms with E-state index < -0.39 is 0 Å². The van der Waals surface area contributed by atoms with E-state index in [2.05, 4.69) is 15.7 Å². The van der Waals surface area contributed by atoms with Gasteiger partial charge in [-0.3, -0.25) is 4.79 Å². The lowest BCUT2D eigenvalue weighted by molar-refractivity contribution is 0.103. The zero-order chi connectivity index (χ0) is 26.9. The number of nitrogens with one attached hydrogen (secondary N) is 2. The number of benzene rings is 3. The Bertz CT molecular complexity index is 1650. The second-order valence-electron chi connectivity index (χ2n) is 9.48. The van der Waals surface area contributed by atoms with Crippen molar-refractivity contribution < 1.29 is 19.4 Å². The normalized spacial score (nSPS) is 12.8. The van der Waals surface area contributed by atoms with Crippen LogP contribution in [0.25, 0.3) is 21.3 Å². The summed E-state index contributed by atoms with van der Waals surface area (Å²) in [5, 5.41) is 22.2. The molecule has 0 atom stereocenters. The maximum atomic E-state index is 13.1. The molecule has 0 bridgehead atoms. The van der Waals surface area contributed by atoms with Crippen molar-refractivity contribution in [3.8, 4) is 22.8 Å². The number of hydrogen-bond donors (Lipinski definition) is 3. The molecule has 3 aromatic carbocycles. The molecule has 5 aromatic rings. The third kappa shape index (κ3) is 5.21. The number of aromatic hydroxyl groups is 1. The summed E-state index contributed by atoms with van der Waals surface area (Å²) in [6, 6.07) is 23.6. The van der Waals surface area contributed by atoms with Gasteiger partial charge in [0, 0.05) is 34.5 Å². The molecule has 196 valence electrons. The van der Waals surface area contributed by atoms with E-state index in [1.165, 1.54) is 22.1 Å². The minimum Gasteiger partial charge on any atom is -0.507 e. The molecular weight excluding hydrogens is 512 g/mol. The van der Waals surface area contributed by atoms with E-state index in [4.69, 9.17) is 4.74 Å². The van der Waals surface area contributed by atoms with E-state index in [9.17, 15) is 14.7 Å². The number of carbonyl (C=O) groups is 2. The predicted molar refractivity (Wildman–Crippen MR) is 152 cm³/mol. The van der Waals surface area contributed by atoms with Gasteiger partial charge in [0.25, 0.3) is 5.91 Å². The molecule has 3 N–H and O–H groups in total. The van der Waals surface area contributed by atoms with Crippen LogP contribution in [0.2, 0.25) is 0 Å². The van der Waals surface area contributed by atoms with Gasteiger partial charge >= 0.3 is 6.03 Å². The lowest BCUT2D eigenvalue weighted by Gasteiger charge is -2.09. The molecule has 0 spiro atoms. The van der Waals surface area contributed by atoms with Gasteiger partial charge in [-0.05, 0) is 66.3 Å². The maximum Gasteiger partial charge on any atom is 0.342 e. The average Bonchev–Trinajstić information content (AvgIpc) is 3.54. The Hall–Kier alpha value is -4.63. The fourth-order valence-electron chi connectivity index (χ4n) is 4.47. The highest BCUT2D eigenvalue weighted by Crippen LogP contribution is 2.42. The number of hydrogen-bond acceptors (Lipinski definition) is 6. The molecule has 2 aromatic heterocycles. The Morgan fingerprint density at radius 2 is 1.85 bits per heavy atom. The molecule has 9 heteroatoms. The molecule has 1 fully saturated rings. The van der Waals surface area contributed by atoms with Crippen LogP contribution in [0.3, 0.4) is 0 Å². The summed E-state index contributed by atoms with van der Waals surface area (Å²) in [4.78, 5) is 26.4. The van der Waals surface area contributed by atoms with E-state index >= 15 is 0 Å². The topological polar surface area (TPSA) is 105 Å². The zero-order valence-corrected chi connectivity index (χ0v) is 22.0. The van der Waals surface area contributed by atoms with Crippen molar-refractivity contribution in [3.05, 3.63) is 95.0 Å². The fraction of sp³-hybridized carbons (Fsp3) is 0.167. The minimum atomic E-state index is -0.328. The van der Waals surface area contributed by atoms with Crippen LogP contribution in [-0.2, 0) is 6.54 Å². The highest BCUT2D eigenvalue weighted by molar-refractivity contribution is 7.20. The lowest BCUT2D eigenvalue weighted by atomic mass is 10.1. The Morgan fingerprint density at radius 1 is 1.05 bits per heavy atom. The summed E-state index contributed by atoms with van der Waals surface area (Å²) in [5.41, 5.74) is 3.21. The van der Waals surface area contributed by atoms with E-state index in [0.29, 0.717) is 28.4 Å². The van der Waals surface area contributed by atoms with Gasteiger partial charge in [-0.15, -0.1) is 11.3 Å². The number of fused-ring (bicyclic) bond motifs is 1. The minimum absolute atomic E-state index is 0.0326. The van der Waals surface area contributed by atoms with Gasteiger partial charge in [0.2, 0.25) is 0 Å². The van der Waals surface area contributed by atoms with Crippen LogP contribution in [-0.4, -0.2) is 33.9 Å². The average molecular weight is 539 g/mol. The van der Waals surface area contributed by atoms with Crippen molar-refractivity contribution in [2.24, 2.45) is 0 Å². The second-order valence-corrected chi connectivity index (χ2v) is 10.6. The van der Waals surface area contributed by atoms with Crippen LogP contribution >= 0.6 is 11.3 Å². The number of thiophene rings is 1. The molecule has 2 amide bonds. The second kappa shape index (κ2) is 10.3. The fourth-order valence-corrected chi connectivity index (χ4v) is 5.43. The van der Waals surface area contributed by atoms with E-state index in [1.807, 2.05) is 60.7 Å². The number of aromatic nitrogens is 2. The number of phenolic OH excluding ortho intramolecular Hbond substituents is 1. The predicted octanol–water partition coefficient (Wildman–Crippen LogP) is 6.37. The van der Waals surface area contributed by atoms with Crippen LogP contribution < -0.4 is 15.4 Å². The zero-order valence-electron chi connectivity index (χ0n) is 21.2. The van der Waals surface area contributed by atoms with E-state index in [1.54, 1.807) is 19.2 Å². The monoisotopic (exact) mass is 538 g/mol. The van der Waals surface area contributed by atoms with Crippen molar-refractivity contribution in [3.63, 3.8) is 0 Å². The number of rotatable bonds is 7. The van der Waals surface area contributed by atoms with Crippen molar-refractivity contribution in [1.29, 1.82) is 0 Å². The van der Waals surface area contributed by atoms with E-state index in [0.717, 1.165) is 39.9 Å². The first-order valence-electron chi connectivity index (χ1n) is 12.6. The van der Waals surface area contributed by atoms with Crippen LogP contribution in [0.4, 0.5) is 10.5 Å². The summed E-state index contributed by atoms with van der Waals surface area (Å²) in [6.45, 7) is 0.349. The number of ether oxygens (including phenoxy) is 1. The highest BCUT2D eigenvalue weighted by Gasteiger charge is 2.30. The third-order valence-corrected chi connectivity index (χ3v) is 7.82. The van der Waals surface area contributed by atoms with Gasteiger partial charge in [0.05, 0.1) is 23.4 Å². The number of phenols is 1. The highest BCUT2D eigenvalue weighted by atomic mass is 32.1. The summed E-state index contributed by atoms with van der Waals surface area (Å²) in [5.74, 6) is 0.746. The number of carbonyl (C=O) groups excluding carboxylic acids is 2. The van der Waals surface area contributed by atoms with Gasteiger partial charge in [0.1, 0.15) is 11.5 Å². The molecule has 0 aliphatic heterocycles. The molecule has 1 aliphatic rings. The number of nitrogens with zero attached hydrogens (tertiary/aromatic N) is 2. The molecule has 2 heterocycles. The Kier molecular flexibility index (Phi) is 6.50. The first kappa shape index (κ1) is 24.7. The first-order chi connectivity index (χ1) is 19.0. The molecule has 1 aliphatic carbocycles. The molecule has 0 radical (unpaired) electrons. The SMILES string of the molecule is COc1ccc(CNC(=O)n2nc(-c3ccc(NC(=O)c4cc5ccccc5s4)cc3O)cc2C2CC2)cc1. The van der Waals surface area contributed by atoms with Crippen LogP contribution in [0.5, 0.6) is 11.5 Å². The third-order valence-electron chi connectivity index (χ3n) is 6.71. The number of amides is 2. The summed E-state index contributed by atoms with van der Waals surface area (Å²) in [6.07, 6.45) is 1.98. The van der Waals surface area contributed by atoms with Crippen LogP contribution in [0.1, 0.15) is 39.7 Å². The van der Waals surface area contributed by atoms with Crippen LogP contribution in [0.15, 0.2) is 78.9 Å². The Balaban J connectivity index is 1.18. The summed E-state index contributed by atoms with van der Waals surface area (Å²) >= 11 is 1.42. The molecule has 1 saturated carbocycles. The number of anilines is 1. The van der Waals surface area contributed by atoms with Gasteiger partial charge < -0.3 is 20.5 Å². The largest absolute Gasteiger partial charge is 0.507 e.